The molecule has 13 nitrogen and oxygen atoms in total. The van der Waals surface area contributed by atoms with Gasteiger partial charge >= 0.3 is 29.8 Å². The minimum Gasteiger partial charge on any atom is -0.489 e. The second-order valence-corrected chi connectivity index (χ2v) is 20.2. The molecule has 4 rings (SSSR count). The number of aliphatic hydroxyl groups excluding tert-OH is 1. The SMILES string of the molecule is CCCCCCCCCCCCCCCC(=O)OC[C@H](O)[C@H]1OC(=O)C(C)=C1OCc1ccccc1.CCCCCCCCCCCCCCCC(=O)OC[C@H](OC(C)=O)[C@H]1OC(=O)C(C)=C1OCc1ccccc1. The van der Waals surface area contributed by atoms with Crippen LogP contribution < -0.4 is 0 Å². The van der Waals surface area contributed by atoms with Crippen LogP contribution in [0.4, 0.5) is 0 Å². The van der Waals surface area contributed by atoms with Gasteiger partial charge in [0.2, 0.25) is 0 Å². The fourth-order valence-corrected chi connectivity index (χ4v) is 9.05. The maximum atomic E-state index is 12.4. The molecule has 0 fully saturated rings. The zero-order valence-corrected chi connectivity index (χ0v) is 46.6. The van der Waals surface area contributed by atoms with Crippen LogP contribution in [-0.4, -0.2) is 72.6 Å². The first-order valence-corrected chi connectivity index (χ1v) is 28.8. The minimum absolute atomic E-state index is 0.208. The molecule has 0 saturated carbocycles. The summed E-state index contributed by atoms with van der Waals surface area (Å²) < 4.78 is 38.5. The predicted molar refractivity (Wildman–Crippen MR) is 292 cm³/mol. The normalized spacial score (nSPS) is 15.9. The number of unbranched alkanes of at least 4 members (excludes halogenated alkanes) is 24. The summed E-state index contributed by atoms with van der Waals surface area (Å²) in [5.74, 6) is -1.73. The third-order valence-electron chi connectivity index (χ3n) is 13.6. The summed E-state index contributed by atoms with van der Waals surface area (Å²) in [6.45, 7) is 9.02. The molecule has 2 aromatic rings. The van der Waals surface area contributed by atoms with Gasteiger partial charge in [-0.2, -0.15) is 0 Å². The summed E-state index contributed by atoms with van der Waals surface area (Å²) in [6.07, 6.45) is 28.8. The molecule has 0 spiro atoms. The molecule has 2 heterocycles. The van der Waals surface area contributed by atoms with Gasteiger partial charge in [0.15, 0.2) is 29.8 Å². The predicted octanol–water partition coefficient (Wildman–Crippen LogP) is 14.1. The van der Waals surface area contributed by atoms with E-state index in [9.17, 15) is 29.1 Å². The van der Waals surface area contributed by atoms with Crippen molar-refractivity contribution in [3.8, 4) is 0 Å². The fraction of sp³-hybridized carbons (Fsp3) is 0.661. The Hall–Kier alpha value is -5.17. The Balaban J connectivity index is 0.000000397. The van der Waals surface area contributed by atoms with Crippen LogP contribution in [0.1, 0.15) is 226 Å². The molecule has 420 valence electrons. The molecule has 0 saturated heterocycles. The zero-order valence-electron chi connectivity index (χ0n) is 46.6. The standard InChI is InChI=1S/C32H48O7.C30H46O6/c1-4-5-6-7-8-9-10-11-12-13-14-15-19-22-29(34)36-24-28(38-26(3)33)31-30(25(2)32(35)39-31)37-23-27-20-17-16-18-21-27;1-3-4-5-6-7-8-9-10-11-12-13-14-18-21-27(32)34-23-26(31)29-28(24(2)30(33)36-29)35-22-25-19-16-15-17-20-25/h16-18,20-21,28,31H,4-15,19,22-24H2,1-3H3;15-17,19-20,26,29,31H,3-14,18,21-23H2,1-2H3/t28-,31+;26-,29+/m00/s1. The average molecular weight is 1050 g/mol. The first-order chi connectivity index (χ1) is 36.4. The lowest BCUT2D eigenvalue weighted by molar-refractivity contribution is -0.169. The summed E-state index contributed by atoms with van der Waals surface area (Å²) in [4.78, 5) is 60.5. The molecular weight excluding hydrogens is 953 g/mol. The van der Waals surface area contributed by atoms with Crippen molar-refractivity contribution < 1.29 is 62.2 Å². The van der Waals surface area contributed by atoms with E-state index < -0.39 is 42.3 Å². The van der Waals surface area contributed by atoms with Gasteiger partial charge in [-0.25, -0.2) is 9.59 Å². The van der Waals surface area contributed by atoms with E-state index >= 15 is 0 Å². The number of hydrogen-bond donors (Lipinski definition) is 1. The van der Waals surface area contributed by atoms with Crippen LogP contribution in [0.25, 0.3) is 0 Å². The largest absolute Gasteiger partial charge is 0.489 e. The Labute approximate surface area is 450 Å². The van der Waals surface area contributed by atoms with E-state index in [1.807, 2.05) is 60.7 Å². The molecule has 0 aromatic heterocycles. The number of rotatable bonds is 41. The van der Waals surface area contributed by atoms with Gasteiger partial charge in [-0.3, -0.25) is 14.4 Å². The van der Waals surface area contributed by atoms with Gasteiger partial charge in [0.25, 0.3) is 0 Å². The molecule has 2 aliphatic rings. The van der Waals surface area contributed by atoms with Gasteiger partial charge in [-0.1, -0.05) is 229 Å². The van der Waals surface area contributed by atoms with Crippen LogP contribution in [-0.2, 0) is 70.3 Å². The average Bonchev–Trinajstić information content (AvgIpc) is 3.87. The smallest absolute Gasteiger partial charge is 0.338 e. The first-order valence-electron chi connectivity index (χ1n) is 28.8. The van der Waals surface area contributed by atoms with Crippen molar-refractivity contribution in [1.82, 2.24) is 0 Å². The molecule has 75 heavy (non-hydrogen) atoms. The summed E-state index contributed by atoms with van der Waals surface area (Å²) in [6, 6.07) is 19.1. The van der Waals surface area contributed by atoms with Crippen LogP contribution >= 0.6 is 0 Å². The van der Waals surface area contributed by atoms with E-state index in [-0.39, 0.29) is 38.4 Å². The van der Waals surface area contributed by atoms with Crippen molar-refractivity contribution in [2.75, 3.05) is 13.2 Å². The van der Waals surface area contributed by atoms with E-state index in [0.29, 0.717) is 35.5 Å². The number of benzene rings is 2. The third-order valence-corrected chi connectivity index (χ3v) is 13.6. The van der Waals surface area contributed by atoms with Crippen molar-refractivity contribution >= 4 is 29.8 Å². The van der Waals surface area contributed by atoms with E-state index in [1.54, 1.807) is 13.8 Å². The Morgan fingerprint density at radius 1 is 0.493 bits per heavy atom. The molecule has 13 heteroatoms. The maximum absolute atomic E-state index is 12.4. The molecule has 0 radical (unpaired) electrons. The summed E-state index contributed by atoms with van der Waals surface area (Å²) in [5, 5.41) is 10.5. The highest BCUT2D eigenvalue weighted by atomic mass is 16.6. The number of ether oxygens (including phenoxy) is 7. The molecule has 0 amide bonds. The van der Waals surface area contributed by atoms with Crippen LogP contribution in [0.5, 0.6) is 0 Å². The lowest BCUT2D eigenvalue weighted by atomic mass is 10.0. The van der Waals surface area contributed by atoms with Crippen LogP contribution in [0, 0.1) is 0 Å². The Bertz CT molecular complexity index is 1960. The topological polar surface area (TPSA) is 170 Å². The third kappa shape index (κ3) is 28.0. The molecule has 4 atom stereocenters. The van der Waals surface area contributed by atoms with Crippen molar-refractivity contribution in [2.24, 2.45) is 0 Å². The number of carbonyl (C=O) groups is 5. The molecule has 0 unspecified atom stereocenters. The molecular formula is C62H94O13. The van der Waals surface area contributed by atoms with Gasteiger partial charge < -0.3 is 38.3 Å². The second kappa shape index (κ2) is 40.1. The van der Waals surface area contributed by atoms with E-state index in [4.69, 9.17) is 33.2 Å². The lowest BCUT2D eigenvalue weighted by Crippen LogP contribution is -2.38. The summed E-state index contributed by atoms with van der Waals surface area (Å²) >= 11 is 0. The van der Waals surface area contributed by atoms with Crippen molar-refractivity contribution in [3.63, 3.8) is 0 Å². The second-order valence-electron chi connectivity index (χ2n) is 20.2. The van der Waals surface area contributed by atoms with Crippen molar-refractivity contribution in [2.45, 2.75) is 252 Å². The summed E-state index contributed by atoms with van der Waals surface area (Å²) in [7, 11) is 0. The number of cyclic esters (lactones) is 2. The van der Waals surface area contributed by atoms with Crippen LogP contribution in [0.3, 0.4) is 0 Å². The van der Waals surface area contributed by atoms with Gasteiger partial charge in [0.05, 0.1) is 11.1 Å². The highest BCUT2D eigenvalue weighted by Gasteiger charge is 2.42. The number of carbonyl (C=O) groups excluding carboxylic acids is 5. The highest BCUT2D eigenvalue weighted by molar-refractivity contribution is 5.91. The Morgan fingerprint density at radius 2 is 0.827 bits per heavy atom. The number of esters is 5. The summed E-state index contributed by atoms with van der Waals surface area (Å²) in [5.41, 5.74) is 2.50. The quantitative estimate of drug-likeness (QED) is 0.0379. The zero-order chi connectivity index (χ0) is 54.3. The fourth-order valence-electron chi connectivity index (χ4n) is 9.05. The number of aliphatic hydroxyl groups is 1. The highest BCUT2D eigenvalue weighted by Crippen LogP contribution is 2.30. The van der Waals surface area contributed by atoms with Gasteiger partial charge in [-0.15, -0.1) is 0 Å². The van der Waals surface area contributed by atoms with Crippen molar-refractivity contribution in [3.05, 3.63) is 94.5 Å². The Kier molecular flexibility index (Phi) is 34.3. The molecule has 0 bridgehead atoms. The van der Waals surface area contributed by atoms with Crippen LogP contribution in [0.15, 0.2) is 83.3 Å². The van der Waals surface area contributed by atoms with E-state index in [2.05, 4.69) is 13.8 Å². The lowest BCUT2D eigenvalue weighted by Gasteiger charge is -2.24. The van der Waals surface area contributed by atoms with Gasteiger partial charge in [-0.05, 0) is 37.8 Å². The molecule has 2 aliphatic heterocycles. The maximum Gasteiger partial charge on any atom is 0.338 e. The number of hydrogen-bond acceptors (Lipinski definition) is 13. The van der Waals surface area contributed by atoms with E-state index in [0.717, 1.165) is 49.7 Å². The van der Waals surface area contributed by atoms with Gasteiger partial charge in [0.1, 0.15) is 32.5 Å². The molecule has 1 N–H and O–H groups in total. The first kappa shape index (κ1) is 64.1. The van der Waals surface area contributed by atoms with Gasteiger partial charge in [0, 0.05) is 19.8 Å². The Morgan fingerprint density at radius 3 is 1.20 bits per heavy atom. The molecule has 0 aliphatic carbocycles. The van der Waals surface area contributed by atoms with Crippen molar-refractivity contribution in [1.29, 1.82) is 0 Å². The monoisotopic (exact) mass is 1050 g/mol. The van der Waals surface area contributed by atoms with Crippen LogP contribution in [0.2, 0.25) is 0 Å². The minimum atomic E-state index is -1.17. The molecule has 2 aromatic carbocycles. The van der Waals surface area contributed by atoms with E-state index in [1.165, 1.54) is 135 Å².